The molecule has 0 fully saturated rings. The molecule has 120 valence electrons. The van der Waals surface area contributed by atoms with E-state index in [2.05, 4.69) is 0 Å². The molecule has 0 spiro atoms. The van der Waals surface area contributed by atoms with E-state index in [0.29, 0.717) is 0 Å². The summed E-state index contributed by atoms with van der Waals surface area (Å²) < 4.78 is 0. The lowest BCUT2D eigenvalue weighted by molar-refractivity contribution is -0.676. The van der Waals surface area contributed by atoms with Crippen LogP contribution in [0, 0.1) is 40.5 Å². The van der Waals surface area contributed by atoms with Crippen molar-refractivity contribution in [3.63, 3.8) is 0 Å². The number of nitrogens with zero attached hydrogens (tertiary/aromatic N) is 4. The maximum Gasteiger partial charge on any atom is 0.349 e. The topological polar surface area (TPSA) is 213 Å². The SMILES string of the molecule is O=[N+]([O-])CCCC(C(C(C(O)O)[N+](=O)[O-])[N+](=O)[O-])[N+](=O)[O-]. The summed E-state index contributed by atoms with van der Waals surface area (Å²) in [5.74, 6) is 0. The van der Waals surface area contributed by atoms with Crippen molar-refractivity contribution >= 4 is 0 Å². The van der Waals surface area contributed by atoms with Crippen LogP contribution in [0.1, 0.15) is 12.8 Å². The van der Waals surface area contributed by atoms with Crippen LogP contribution in [0.3, 0.4) is 0 Å². The van der Waals surface area contributed by atoms with Crippen LogP contribution >= 0.6 is 0 Å². The van der Waals surface area contributed by atoms with Gasteiger partial charge >= 0.3 is 12.1 Å². The predicted molar refractivity (Wildman–Crippen MR) is 61.7 cm³/mol. The van der Waals surface area contributed by atoms with Crippen molar-refractivity contribution in [1.82, 2.24) is 0 Å². The van der Waals surface area contributed by atoms with Gasteiger partial charge in [0.2, 0.25) is 12.8 Å². The summed E-state index contributed by atoms with van der Waals surface area (Å²) in [5.41, 5.74) is 0. The molecule has 21 heavy (non-hydrogen) atoms. The normalized spacial score (nSPS) is 15.2. The van der Waals surface area contributed by atoms with E-state index in [4.69, 9.17) is 10.2 Å². The van der Waals surface area contributed by atoms with Gasteiger partial charge in [-0.1, -0.05) is 0 Å². The molecule has 0 saturated carbocycles. The molecule has 0 bridgehead atoms. The minimum absolute atomic E-state index is 0.422. The minimum atomic E-state index is -2.78. The summed E-state index contributed by atoms with van der Waals surface area (Å²) in [6.07, 6.45) is -3.89. The summed E-state index contributed by atoms with van der Waals surface area (Å²) in [5, 5.41) is 60.1. The van der Waals surface area contributed by atoms with Gasteiger partial charge < -0.3 is 10.2 Å². The number of hydrogen-bond donors (Lipinski definition) is 2. The van der Waals surface area contributed by atoms with Crippen LogP contribution in [-0.2, 0) is 0 Å². The highest BCUT2D eigenvalue weighted by Gasteiger charge is 2.56. The molecule has 3 atom stereocenters. The molecule has 0 saturated heterocycles. The van der Waals surface area contributed by atoms with Crippen LogP contribution in [0.4, 0.5) is 0 Å². The second-order valence-corrected chi connectivity index (χ2v) is 4.02. The van der Waals surface area contributed by atoms with Crippen LogP contribution < -0.4 is 0 Å². The lowest BCUT2D eigenvalue weighted by atomic mass is 9.97. The van der Waals surface area contributed by atoms with Crippen LogP contribution in [0.15, 0.2) is 0 Å². The molecule has 0 aliphatic heterocycles. The fourth-order valence-electron chi connectivity index (χ4n) is 1.73. The van der Waals surface area contributed by atoms with Gasteiger partial charge in [-0.05, 0) is 0 Å². The van der Waals surface area contributed by atoms with E-state index in [9.17, 15) is 40.5 Å². The average molecular weight is 312 g/mol. The molecular formula is C7H12N4O10. The summed E-state index contributed by atoms with van der Waals surface area (Å²) in [4.78, 5) is 37.7. The van der Waals surface area contributed by atoms with E-state index >= 15 is 0 Å². The van der Waals surface area contributed by atoms with E-state index in [0.717, 1.165) is 0 Å². The third kappa shape index (κ3) is 5.57. The van der Waals surface area contributed by atoms with Gasteiger partial charge in [-0.25, -0.2) is 0 Å². The molecule has 0 aromatic carbocycles. The van der Waals surface area contributed by atoms with E-state index < -0.39 is 63.5 Å². The fourth-order valence-corrected chi connectivity index (χ4v) is 1.73. The molecule has 0 aromatic heterocycles. The molecule has 14 heteroatoms. The van der Waals surface area contributed by atoms with E-state index in [1.807, 2.05) is 0 Å². The van der Waals surface area contributed by atoms with Crippen LogP contribution in [0.25, 0.3) is 0 Å². The second kappa shape index (κ2) is 7.95. The van der Waals surface area contributed by atoms with Gasteiger partial charge in [-0.3, -0.25) is 40.5 Å². The van der Waals surface area contributed by atoms with E-state index in [1.165, 1.54) is 0 Å². The van der Waals surface area contributed by atoms with Crippen LogP contribution in [0.5, 0.6) is 0 Å². The van der Waals surface area contributed by atoms with Crippen molar-refractivity contribution in [2.24, 2.45) is 0 Å². The van der Waals surface area contributed by atoms with Crippen molar-refractivity contribution in [3.05, 3.63) is 40.5 Å². The quantitative estimate of drug-likeness (QED) is 0.264. The Morgan fingerprint density at radius 2 is 1.29 bits per heavy atom. The van der Waals surface area contributed by atoms with Gasteiger partial charge in [0.25, 0.3) is 6.04 Å². The zero-order valence-corrected chi connectivity index (χ0v) is 10.4. The first-order valence-electron chi connectivity index (χ1n) is 5.48. The molecule has 0 heterocycles. The first-order valence-corrected chi connectivity index (χ1v) is 5.48. The molecule has 0 rings (SSSR count). The Morgan fingerprint density at radius 3 is 1.57 bits per heavy atom. The van der Waals surface area contributed by atoms with Crippen molar-refractivity contribution in [3.8, 4) is 0 Å². The summed E-state index contributed by atoms with van der Waals surface area (Å²) in [6, 6.07) is -7.30. The Balaban J connectivity index is 5.33. The number of aliphatic hydroxyl groups excluding tert-OH is 1. The van der Waals surface area contributed by atoms with Crippen molar-refractivity contribution < 1.29 is 29.9 Å². The summed E-state index contributed by atoms with van der Waals surface area (Å²) >= 11 is 0. The number of rotatable bonds is 10. The van der Waals surface area contributed by atoms with Crippen molar-refractivity contribution in [2.75, 3.05) is 6.54 Å². The molecule has 3 unspecified atom stereocenters. The second-order valence-electron chi connectivity index (χ2n) is 4.02. The van der Waals surface area contributed by atoms with Crippen LogP contribution in [-0.4, -0.2) is 60.9 Å². The fraction of sp³-hybridized carbons (Fsp3) is 1.00. The predicted octanol–water partition coefficient (Wildman–Crippen LogP) is -1.71. The molecule has 0 aliphatic rings. The van der Waals surface area contributed by atoms with Gasteiger partial charge in [0.05, 0.1) is 0 Å². The van der Waals surface area contributed by atoms with Gasteiger partial charge in [0, 0.05) is 32.5 Å². The number of aliphatic hydroxyl groups is 2. The Morgan fingerprint density at radius 1 is 0.810 bits per heavy atom. The summed E-state index contributed by atoms with van der Waals surface area (Å²) in [7, 11) is 0. The van der Waals surface area contributed by atoms with Gasteiger partial charge in [0.1, 0.15) is 0 Å². The van der Waals surface area contributed by atoms with E-state index in [1.54, 1.807) is 0 Å². The maximum atomic E-state index is 10.8. The zero-order valence-electron chi connectivity index (χ0n) is 10.4. The smallest absolute Gasteiger partial charge is 0.349 e. The molecule has 0 aliphatic carbocycles. The van der Waals surface area contributed by atoms with E-state index in [-0.39, 0.29) is 0 Å². The Kier molecular flexibility index (Phi) is 7.01. The third-order valence-corrected chi connectivity index (χ3v) is 2.65. The lowest BCUT2D eigenvalue weighted by Gasteiger charge is -2.18. The molecule has 0 amide bonds. The minimum Gasteiger partial charge on any atom is -0.362 e. The third-order valence-electron chi connectivity index (χ3n) is 2.65. The largest absolute Gasteiger partial charge is 0.362 e. The van der Waals surface area contributed by atoms with Crippen LogP contribution in [0.2, 0.25) is 0 Å². The highest BCUT2D eigenvalue weighted by molar-refractivity contribution is 4.79. The monoisotopic (exact) mass is 312 g/mol. The highest BCUT2D eigenvalue weighted by atomic mass is 16.7. The Labute approximate surface area is 115 Å². The Hall–Kier alpha value is -2.48. The molecule has 0 radical (unpaired) electrons. The molecule has 0 aromatic rings. The Bertz CT molecular complexity index is 426. The summed E-state index contributed by atoms with van der Waals surface area (Å²) in [6.45, 7) is -0.709. The van der Waals surface area contributed by atoms with Gasteiger partial charge in [-0.2, -0.15) is 0 Å². The zero-order chi connectivity index (χ0) is 16.7. The number of hydrogen-bond acceptors (Lipinski definition) is 10. The lowest BCUT2D eigenvalue weighted by Crippen LogP contribution is -2.55. The number of nitro groups is 4. The van der Waals surface area contributed by atoms with Crippen molar-refractivity contribution in [2.45, 2.75) is 37.3 Å². The maximum absolute atomic E-state index is 10.8. The van der Waals surface area contributed by atoms with Crippen molar-refractivity contribution in [1.29, 1.82) is 0 Å². The first-order chi connectivity index (χ1) is 9.59. The molecule has 2 N–H and O–H groups in total. The average Bonchev–Trinajstić information content (AvgIpc) is 2.29. The van der Waals surface area contributed by atoms with Gasteiger partial charge in [0.15, 0.2) is 0 Å². The molecule has 14 nitrogen and oxygen atoms in total. The molecular weight excluding hydrogens is 300 g/mol. The first kappa shape index (κ1) is 18.5. The highest BCUT2D eigenvalue weighted by Crippen LogP contribution is 2.17. The standard InChI is InChI=1S/C7H12N4O10/c12-7(13)6(11(20)21)5(10(18)19)4(9(16)17)2-1-3-8(14)15/h4-7,12-13H,1-3H2. The van der Waals surface area contributed by atoms with Gasteiger partial charge in [-0.15, -0.1) is 0 Å².